The molecular formula is C27H25FN6O2. The molecule has 3 aromatic heterocycles. The Bertz CT molecular complexity index is 1620. The number of halogens is 1. The van der Waals surface area contributed by atoms with Crippen LogP contribution in [0.25, 0.3) is 27.7 Å². The highest BCUT2D eigenvalue weighted by Crippen LogP contribution is 2.28. The molecule has 0 aliphatic rings. The number of carbonyl (C=O) groups excluding carboxylic acids is 2. The summed E-state index contributed by atoms with van der Waals surface area (Å²) in [5.41, 5.74) is 4.53. The number of aromatic nitrogens is 4. The maximum absolute atomic E-state index is 13.5. The summed E-state index contributed by atoms with van der Waals surface area (Å²) in [7, 11) is 1.89. The first kappa shape index (κ1) is 23.2. The van der Waals surface area contributed by atoms with E-state index >= 15 is 0 Å². The molecule has 5 rings (SSSR count). The van der Waals surface area contributed by atoms with E-state index in [-0.39, 0.29) is 36.0 Å². The van der Waals surface area contributed by atoms with E-state index in [9.17, 15) is 14.0 Å². The molecule has 0 saturated heterocycles. The van der Waals surface area contributed by atoms with Crippen molar-refractivity contribution in [1.29, 1.82) is 0 Å². The van der Waals surface area contributed by atoms with Crippen LogP contribution in [-0.2, 0) is 18.4 Å². The maximum Gasteiger partial charge on any atom is 0.253 e. The van der Waals surface area contributed by atoms with Crippen LogP contribution in [0.4, 0.5) is 10.3 Å². The molecule has 36 heavy (non-hydrogen) atoms. The van der Waals surface area contributed by atoms with Gasteiger partial charge in [0, 0.05) is 42.8 Å². The van der Waals surface area contributed by atoms with Crippen LogP contribution in [0.2, 0.25) is 0 Å². The first-order valence-corrected chi connectivity index (χ1v) is 11.6. The third kappa shape index (κ3) is 4.55. The summed E-state index contributed by atoms with van der Waals surface area (Å²) in [4.78, 5) is 29.4. The second-order valence-corrected chi connectivity index (χ2v) is 9.00. The van der Waals surface area contributed by atoms with Crippen molar-refractivity contribution in [3.8, 4) is 11.1 Å². The highest BCUT2D eigenvalue weighted by molar-refractivity contribution is 6.08. The van der Waals surface area contributed by atoms with Crippen LogP contribution in [0.15, 0.2) is 67.0 Å². The van der Waals surface area contributed by atoms with E-state index in [4.69, 9.17) is 0 Å². The van der Waals surface area contributed by atoms with Crippen LogP contribution in [0.1, 0.15) is 29.8 Å². The summed E-state index contributed by atoms with van der Waals surface area (Å²) in [6, 6.07) is 15.9. The van der Waals surface area contributed by atoms with Gasteiger partial charge in [-0.05, 0) is 53.1 Å². The van der Waals surface area contributed by atoms with Crippen LogP contribution in [0, 0.1) is 11.7 Å². The lowest BCUT2D eigenvalue weighted by molar-refractivity contribution is -0.118. The number of benzene rings is 2. The van der Waals surface area contributed by atoms with Crippen molar-refractivity contribution in [3.05, 3.63) is 83.9 Å². The van der Waals surface area contributed by atoms with Crippen molar-refractivity contribution in [3.63, 3.8) is 0 Å². The number of nitrogens with zero attached hydrogens (tertiary/aromatic N) is 4. The molecule has 0 aliphatic carbocycles. The fourth-order valence-electron chi connectivity index (χ4n) is 4.05. The van der Waals surface area contributed by atoms with Gasteiger partial charge in [0.1, 0.15) is 5.82 Å². The normalized spacial score (nSPS) is 11.4. The molecule has 0 bridgehead atoms. The second kappa shape index (κ2) is 9.26. The largest absolute Gasteiger partial charge is 0.350 e. The predicted octanol–water partition coefficient (Wildman–Crippen LogP) is 4.55. The minimum atomic E-state index is -0.337. The Morgan fingerprint density at radius 2 is 1.86 bits per heavy atom. The first-order chi connectivity index (χ1) is 17.3. The Hall–Kier alpha value is -4.53. The standard InChI is InChI=1S/C27H25FN6O2/c1-16(2)25(35)31-27-30-24-13-19(9-10-34(24)32-27)18-7-8-23-21(12-18)22(15-33(23)3)26(36)29-14-17-5-4-6-20(28)11-17/h4-13,15-16H,14H2,1-3H3,(H,29,36)(H,31,32,35). The van der Waals surface area contributed by atoms with Crippen molar-refractivity contribution in [1.82, 2.24) is 24.5 Å². The van der Waals surface area contributed by atoms with Gasteiger partial charge in [-0.2, -0.15) is 4.98 Å². The molecule has 2 aromatic carbocycles. The minimum Gasteiger partial charge on any atom is -0.350 e. The van der Waals surface area contributed by atoms with E-state index in [0.717, 1.165) is 22.0 Å². The average molecular weight is 485 g/mol. The second-order valence-electron chi connectivity index (χ2n) is 9.00. The fourth-order valence-corrected chi connectivity index (χ4v) is 4.05. The van der Waals surface area contributed by atoms with Gasteiger partial charge in [-0.15, -0.1) is 5.10 Å². The third-order valence-electron chi connectivity index (χ3n) is 6.01. The molecule has 0 spiro atoms. The van der Waals surface area contributed by atoms with Crippen molar-refractivity contribution in [2.75, 3.05) is 5.32 Å². The molecule has 3 heterocycles. The monoisotopic (exact) mass is 484 g/mol. The van der Waals surface area contributed by atoms with Crippen LogP contribution in [0.5, 0.6) is 0 Å². The quantitative estimate of drug-likeness (QED) is 0.370. The number of pyridine rings is 1. The SMILES string of the molecule is CC(C)C(=O)Nc1nc2cc(-c3ccc4c(c3)c(C(=O)NCc3cccc(F)c3)cn4C)ccn2n1. The molecule has 5 aromatic rings. The Morgan fingerprint density at radius 3 is 2.64 bits per heavy atom. The van der Waals surface area contributed by atoms with Crippen molar-refractivity contribution in [2.45, 2.75) is 20.4 Å². The van der Waals surface area contributed by atoms with Gasteiger partial charge in [0.2, 0.25) is 11.9 Å². The van der Waals surface area contributed by atoms with Crippen molar-refractivity contribution >= 4 is 34.3 Å². The number of hydrogen-bond acceptors (Lipinski definition) is 4. The lowest BCUT2D eigenvalue weighted by atomic mass is 10.0. The molecule has 0 atom stereocenters. The number of amides is 2. The van der Waals surface area contributed by atoms with E-state index < -0.39 is 0 Å². The van der Waals surface area contributed by atoms with Gasteiger partial charge in [-0.25, -0.2) is 8.91 Å². The van der Waals surface area contributed by atoms with Crippen LogP contribution in [-0.4, -0.2) is 31.0 Å². The Morgan fingerprint density at radius 1 is 1.06 bits per heavy atom. The van der Waals surface area contributed by atoms with Crippen LogP contribution < -0.4 is 10.6 Å². The van der Waals surface area contributed by atoms with E-state index in [1.165, 1.54) is 12.1 Å². The van der Waals surface area contributed by atoms with Gasteiger partial charge in [-0.3, -0.25) is 14.9 Å². The molecule has 0 fully saturated rings. The van der Waals surface area contributed by atoms with Gasteiger partial charge in [0.25, 0.3) is 5.91 Å². The highest BCUT2D eigenvalue weighted by Gasteiger charge is 2.16. The summed E-state index contributed by atoms with van der Waals surface area (Å²) in [6.07, 6.45) is 3.57. The van der Waals surface area contributed by atoms with Gasteiger partial charge >= 0.3 is 0 Å². The summed E-state index contributed by atoms with van der Waals surface area (Å²) < 4.78 is 17.0. The number of rotatable bonds is 6. The van der Waals surface area contributed by atoms with E-state index in [1.807, 2.05) is 41.9 Å². The third-order valence-corrected chi connectivity index (χ3v) is 6.01. The highest BCUT2D eigenvalue weighted by atomic mass is 19.1. The Balaban J connectivity index is 1.43. The van der Waals surface area contributed by atoms with Gasteiger partial charge in [0.05, 0.1) is 5.56 Å². The lowest BCUT2D eigenvalue weighted by Crippen LogP contribution is -2.22. The Kier molecular flexibility index (Phi) is 5.97. The molecule has 8 nitrogen and oxygen atoms in total. The summed E-state index contributed by atoms with van der Waals surface area (Å²) in [6.45, 7) is 3.84. The lowest BCUT2D eigenvalue weighted by Gasteiger charge is -2.06. The molecule has 2 N–H and O–H groups in total. The number of hydrogen-bond donors (Lipinski definition) is 2. The topological polar surface area (TPSA) is 93.3 Å². The van der Waals surface area contributed by atoms with Crippen molar-refractivity contribution in [2.24, 2.45) is 13.0 Å². The zero-order valence-corrected chi connectivity index (χ0v) is 20.1. The van der Waals surface area contributed by atoms with Gasteiger partial charge in [-0.1, -0.05) is 32.0 Å². The molecule has 0 unspecified atom stereocenters. The zero-order chi connectivity index (χ0) is 25.4. The maximum atomic E-state index is 13.5. The minimum absolute atomic E-state index is 0.149. The van der Waals surface area contributed by atoms with Gasteiger partial charge in [0.15, 0.2) is 5.65 Å². The summed E-state index contributed by atoms with van der Waals surface area (Å²) in [5, 5.41) is 10.7. The van der Waals surface area contributed by atoms with Crippen molar-refractivity contribution < 1.29 is 14.0 Å². The summed E-state index contributed by atoms with van der Waals surface area (Å²) >= 11 is 0. The molecular weight excluding hydrogens is 459 g/mol. The molecule has 0 radical (unpaired) electrons. The zero-order valence-electron chi connectivity index (χ0n) is 20.1. The smallest absolute Gasteiger partial charge is 0.253 e. The number of anilines is 1. The molecule has 182 valence electrons. The Labute approximate surface area is 206 Å². The fraction of sp³-hybridized carbons (Fsp3) is 0.185. The summed E-state index contributed by atoms with van der Waals surface area (Å²) in [5.74, 6) is -0.647. The number of carbonyl (C=O) groups is 2. The molecule has 9 heteroatoms. The first-order valence-electron chi connectivity index (χ1n) is 11.6. The van der Waals surface area contributed by atoms with E-state index in [1.54, 1.807) is 42.9 Å². The molecule has 0 aliphatic heterocycles. The molecule has 0 saturated carbocycles. The van der Waals surface area contributed by atoms with E-state index in [0.29, 0.717) is 16.8 Å². The van der Waals surface area contributed by atoms with Crippen LogP contribution >= 0.6 is 0 Å². The number of aryl methyl sites for hydroxylation is 1. The molecule has 2 amide bonds. The number of nitrogens with one attached hydrogen (secondary N) is 2. The van der Waals surface area contributed by atoms with Crippen LogP contribution in [0.3, 0.4) is 0 Å². The average Bonchev–Trinajstić information content (AvgIpc) is 3.41. The number of fused-ring (bicyclic) bond motifs is 2. The predicted molar refractivity (Wildman–Crippen MR) is 136 cm³/mol. The van der Waals surface area contributed by atoms with Gasteiger partial charge < -0.3 is 9.88 Å². The van der Waals surface area contributed by atoms with E-state index in [2.05, 4.69) is 20.7 Å².